The highest BCUT2D eigenvalue weighted by Gasteiger charge is 2.01. The van der Waals surface area contributed by atoms with Crippen molar-refractivity contribution < 1.29 is 9.52 Å². The van der Waals surface area contributed by atoms with Gasteiger partial charge in [0, 0.05) is 5.56 Å². The van der Waals surface area contributed by atoms with Gasteiger partial charge in [-0.25, -0.2) is 5.10 Å². The number of aromatic nitrogens is 2. The summed E-state index contributed by atoms with van der Waals surface area (Å²) in [6, 6.07) is 6.28. The molecule has 5 heteroatoms. The molecule has 0 fully saturated rings. The Labute approximate surface area is 78.8 Å². The highest BCUT2D eigenvalue weighted by molar-refractivity contribution is 7.71. The summed E-state index contributed by atoms with van der Waals surface area (Å²) in [5.74, 6) is 0.254. The van der Waals surface area contributed by atoms with E-state index in [2.05, 4.69) is 10.2 Å². The van der Waals surface area contributed by atoms with E-state index in [9.17, 15) is 5.11 Å². The van der Waals surface area contributed by atoms with Gasteiger partial charge in [0.1, 0.15) is 0 Å². The lowest BCUT2D eigenvalue weighted by Crippen LogP contribution is -1.88. The zero-order chi connectivity index (χ0) is 9.26. The third kappa shape index (κ3) is 1.59. The number of aromatic amines is 1. The Morgan fingerprint density at radius 3 is 2.92 bits per heavy atom. The molecule has 1 N–H and O–H groups in total. The van der Waals surface area contributed by atoms with Crippen molar-refractivity contribution in [3.63, 3.8) is 0 Å². The molecule has 0 aliphatic heterocycles. The Bertz CT molecular complexity index is 475. The van der Waals surface area contributed by atoms with Crippen LogP contribution in [0.25, 0.3) is 11.5 Å². The predicted octanol–water partition coefficient (Wildman–Crippen LogP) is 1.47. The second kappa shape index (κ2) is 3.02. The first-order chi connectivity index (χ1) is 6.25. The van der Waals surface area contributed by atoms with Gasteiger partial charge < -0.3 is 9.52 Å². The normalized spacial score (nSPS) is 10.2. The minimum Gasteiger partial charge on any atom is -0.872 e. The molecule has 66 valence electrons. The van der Waals surface area contributed by atoms with Gasteiger partial charge in [-0.05, 0) is 18.3 Å². The molecular formula is C8H5N2O2S-. The minimum absolute atomic E-state index is 0.0818. The molecule has 0 aliphatic rings. The van der Waals surface area contributed by atoms with Crippen LogP contribution in [0.4, 0.5) is 0 Å². The second-order valence-electron chi connectivity index (χ2n) is 2.45. The molecule has 1 aromatic heterocycles. The van der Waals surface area contributed by atoms with Crippen molar-refractivity contribution in [2.75, 3.05) is 0 Å². The number of H-pyrrole nitrogens is 1. The Morgan fingerprint density at radius 1 is 1.46 bits per heavy atom. The van der Waals surface area contributed by atoms with E-state index >= 15 is 0 Å². The summed E-state index contributed by atoms with van der Waals surface area (Å²) in [5, 5.41) is 17.2. The molecule has 0 saturated carbocycles. The molecule has 0 amide bonds. The van der Waals surface area contributed by atoms with Crippen molar-refractivity contribution in [3.05, 3.63) is 29.1 Å². The molecule has 0 saturated heterocycles. The fourth-order valence-electron chi connectivity index (χ4n) is 0.982. The maximum absolute atomic E-state index is 11.0. The highest BCUT2D eigenvalue weighted by atomic mass is 32.1. The molecule has 0 bridgehead atoms. The fourth-order valence-corrected chi connectivity index (χ4v) is 1.11. The van der Waals surface area contributed by atoms with Crippen molar-refractivity contribution in [3.8, 4) is 17.2 Å². The summed E-state index contributed by atoms with van der Waals surface area (Å²) in [6.07, 6.45) is 0. The quantitative estimate of drug-likeness (QED) is 0.696. The van der Waals surface area contributed by atoms with E-state index in [-0.39, 0.29) is 10.6 Å². The van der Waals surface area contributed by atoms with Crippen LogP contribution in [0.1, 0.15) is 0 Å². The first-order valence-electron chi connectivity index (χ1n) is 3.59. The van der Waals surface area contributed by atoms with Gasteiger partial charge in [-0.2, -0.15) is 0 Å². The number of benzene rings is 1. The van der Waals surface area contributed by atoms with Gasteiger partial charge in [-0.15, -0.1) is 10.8 Å². The molecule has 0 atom stereocenters. The van der Waals surface area contributed by atoms with Crippen molar-refractivity contribution in [1.82, 2.24) is 10.2 Å². The lowest BCUT2D eigenvalue weighted by Gasteiger charge is -2.03. The standard InChI is InChI=1S/C8H6N2O2S/c11-6-3-1-2-5(4-6)7-9-10-8(13)12-7/h1-4,11H,(H,10,13)/p-1. The molecule has 0 spiro atoms. The van der Waals surface area contributed by atoms with Crippen LogP contribution in [0, 0.1) is 4.84 Å². The van der Waals surface area contributed by atoms with Gasteiger partial charge in [0.15, 0.2) is 0 Å². The zero-order valence-corrected chi connectivity index (χ0v) is 7.30. The summed E-state index contributed by atoms with van der Waals surface area (Å²) in [4.78, 5) is 0.200. The largest absolute Gasteiger partial charge is 0.872 e. The molecule has 1 heterocycles. The summed E-state index contributed by atoms with van der Waals surface area (Å²) in [7, 11) is 0. The van der Waals surface area contributed by atoms with E-state index in [4.69, 9.17) is 16.6 Å². The second-order valence-corrected chi connectivity index (χ2v) is 2.82. The van der Waals surface area contributed by atoms with E-state index in [1.165, 1.54) is 12.1 Å². The Kier molecular flexibility index (Phi) is 1.86. The van der Waals surface area contributed by atoms with Gasteiger partial charge in [-0.1, -0.05) is 18.2 Å². The smallest absolute Gasteiger partial charge is 0.284 e. The van der Waals surface area contributed by atoms with E-state index in [0.717, 1.165) is 0 Å². The van der Waals surface area contributed by atoms with E-state index in [1.54, 1.807) is 12.1 Å². The third-order valence-corrected chi connectivity index (χ3v) is 1.69. The van der Waals surface area contributed by atoms with Crippen LogP contribution < -0.4 is 5.11 Å². The molecule has 2 rings (SSSR count). The van der Waals surface area contributed by atoms with Crippen LogP contribution in [0.3, 0.4) is 0 Å². The Morgan fingerprint density at radius 2 is 2.31 bits per heavy atom. The van der Waals surface area contributed by atoms with Crippen molar-refractivity contribution >= 4 is 12.2 Å². The average molecular weight is 193 g/mol. The van der Waals surface area contributed by atoms with Gasteiger partial charge in [0.05, 0.1) is 0 Å². The van der Waals surface area contributed by atoms with E-state index in [1.807, 2.05) is 0 Å². The monoisotopic (exact) mass is 193 g/mol. The van der Waals surface area contributed by atoms with Crippen molar-refractivity contribution in [1.29, 1.82) is 0 Å². The van der Waals surface area contributed by atoms with Crippen LogP contribution in [0.2, 0.25) is 0 Å². The first-order valence-corrected chi connectivity index (χ1v) is 3.99. The van der Waals surface area contributed by atoms with Crippen LogP contribution in [0.5, 0.6) is 5.75 Å². The topological polar surface area (TPSA) is 64.9 Å². The van der Waals surface area contributed by atoms with Gasteiger partial charge in [0.25, 0.3) is 4.84 Å². The van der Waals surface area contributed by atoms with Gasteiger partial charge in [-0.3, -0.25) is 0 Å². The molecular weight excluding hydrogens is 188 g/mol. The van der Waals surface area contributed by atoms with Crippen molar-refractivity contribution in [2.24, 2.45) is 0 Å². The van der Waals surface area contributed by atoms with Crippen LogP contribution in [-0.2, 0) is 0 Å². The van der Waals surface area contributed by atoms with Crippen LogP contribution in [-0.4, -0.2) is 10.2 Å². The average Bonchev–Trinajstić information content (AvgIpc) is 2.52. The predicted molar refractivity (Wildman–Crippen MR) is 46.6 cm³/mol. The number of nitrogens with one attached hydrogen (secondary N) is 1. The molecule has 0 radical (unpaired) electrons. The molecule has 2 aromatic rings. The van der Waals surface area contributed by atoms with Crippen LogP contribution in [0.15, 0.2) is 28.7 Å². The Hall–Kier alpha value is -1.62. The maximum atomic E-state index is 11.0. The molecule has 1 aromatic carbocycles. The first kappa shape index (κ1) is 8.00. The highest BCUT2D eigenvalue weighted by Crippen LogP contribution is 2.19. The van der Waals surface area contributed by atoms with Crippen molar-refractivity contribution in [2.45, 2.75) is 0 Å². The minimum atomic E-state index is -0.0818. The number of nitrogens with zero attached hydrogens (tertiary/aromatic N) is 1. The SMILES string of the molecule is [O-]c1cccc(-c2n[nH]c(=S)o2)c1. The lowest BCUT2D eigenvalue weighted by atomic mass is 10.2. The fraction of sp³-hybridized carbons (Fsp3) is 0. The van der Waals surface area contributed by atoms with E-state index in [0.29, 0.717) is 11.5 Å². The number of hydrogen-bond donors (Lipinski definition) is 1. The van der Waals surface area contributed by atoms with Gasteiger partial charge in [0.2, 0.25) is 5.89 Å². The summed E-state index contributed by atoms with van der Waals surface area (Å²) >= 11 is 4.70. The molecule has 4 nitrogen and oxygen atoms in total. The summed E-state index contributed by atoms with van der Waals surface area (Å²) in [5.41, 5.74) is 0.625. The summed E-state index contributed by atoms with van der Waals surface area (Å²) < 4.78 is 5.03. The Balaban J connectivity index is 2.52. The van der Waals surface area contributed by atoms with E-state index < -0.39 is 0 Å². The molecule has 0 aliphatic carbocycles. The number of hydrogen-bond acceptors (Lipinski definition) is 4. The van der Waals surface area contributed by atoms with Crippen LogP contribution >= 0.6 is 12.2 Å². The lowest BCUT2D eigenvalue weighted by molar-refractivity contribution is -0.268. The summed E-state index contributed by atoms with van der Waals surface area (Å²) in [6.45, 7) is 0. The molecule has 13 heavy (non-hydrogen) atoms. The number of rotatable bonds is 1. The maximum Gasteiger partial charge on any atom is 0.284 e. The zero-order valence-electron chi connectivity index (χ0n) is 6.48. The van der Waals surface area contributed by atoms with Gasteiger partial charge >= 0.3 is 0 Å². The molecule has 0 unspecified atom stereocenters. The third-order valence-electron chi connectivity index (χ3n) is 1.52.